The van der Waals surface area contributed by atoms with E-state index in [9.17, 15) is 14.0 Å². The summed E-state index contributed by atoms with van der Waals surface area (Å²) in [6.07, 6.45) is 0. The van der Waals surface area contributed by atoms with Gasteiger partial charge in [-0.1, -0.05) is 12.1 Å². The Morgan fingerprint density at radius 1 is 1.40 bits per heavy atom. The summed E-state index contributed by atoms with van der Waals surface area (Å²) < 4.78 is 13.0. The predicted molar refractivity (Wildman–Crippen MR) is 49.0 cm³/mol. The van der Waals surface area contributed by atoms with E-state index in [-0.39, 0.29) is 5.56 Å². The molecule has 0 aromatic heterocycles. The monoisotopic (exact) mass is 212 g/mol. The summed E-state index contributed by atoms with van der Waals surface area (Å²) in [4.78, 5) is 25.9. The Morgan fingerprint density at radius 2 is 2.07 bits per heavy atom. The van der Waals surface area contributed by atoms with E-state index in [4.69, 9.17) is 5.73 Å². The van der Waals surface area contributed by atoms with Crippen molar-refractivity contribution >= 4 is 11.8 Å². The predicted octanol–water partition coefficient (Wildman–Crippen LogP) is -0.0276. The lowest BCUT2D eigenvalue weighted by atomic mass is 10.2. The largest absolute Gasteiger partial charge is 0.368 e. The molecule has 15 heavy (non-hydrogen) atoms. The summed E-state index contributed by atoms with van der Waals surface area (Å²) in [7, 11) is 0. The maximum atomic E-state index is 13.0. The van der Waals surface area contributed by atoms with E-state index >= 15 is 0 Å². The van der Waals surface area contributed by atoms with Crippen LogP contribution in [0.4, 0.5) is 4.39 Å². The second-order valence-electron chi connectivity index (χ2n) is 2.67. The minimum Gasteiger partial charge on any atom is -0.368 e. The molecule has 5 nitrogen and oxygen atoms in total. The number of carbonyl (C=O) groups excluding carboxylic acids is 2. The number of rotatable bonds is 4. The number of amides is 2. The molecule has 1 rings (SSSR count). The number of hydrogen-bond acceptors (Lipinski definition) is 3. The van der Waals surface area contributed by atoms with Gasteiger partial charge in [0.25, 0.3) is 5.91 Å². The summed E-state index contributed by atoms with van der Waals surface area (Å²) in [5, 5.41) is 0. The zero-order chi connectivity index (χ0) is 11.3. The first-order chi connectivity index (χ1) is 7.11. The number of nitrogens with two attached hydrogens (primary N) is 1. The van der Waals surface area contributed by atoms with Crippen molar-refractivity contribution < 1.29 is 18.8 Å². The maximum Gasteiger partial charge on any atom is 0.277 e. The van der Waals surface area contributed by atoms with Crippen LogP contribution in [-0.2, 0) is 9.63 Å². The van der Waals surface area contributed by atoms with Crippen LogP contribution in [-0.4, -0.2) is 18.4 Å². The van der Waals surface area contributed by atoms with Gasteiger partial charge >= 0.3 is 0 Å². The van der Waals surface area contributed by atoms with Gasteiger partial charge in [-0.25, -0.2) is 9.87 Å². The molecule has 0 aliphatic carbocycles. The molecule has 0 saturated carbocycles. The van der Waals surface area contributed by atoms with Crippen LogP contribution in [0.15, 0.2) is 24.3 Å². The van der Waals surface area contributed by atoms with Crippen LogP contribution in [0.3, 0.4) is 0 Å². The van der Waals surface area contributed by atoms with E-state index in [0.29, 0.717) is 0 Å². The molecular formula is C9H9FN2O3. The highest BCUT2D eigenvalue weighted by molar-refractivity contribution is 5.93. The first kappa shape index (κ1) is 11.1. The second kappa shape index (κ2) is 5.06. The Labute approximate surface area is 85.0 Å². The number of nitrogens with one attached hydrogen (secondary N) is 1. The molecule has 0 aliphatic heterocycles. The van der Waals surface area contributed by atoms with Gasteiger partial charge in [-0.15, -0.1) is 0 Å². The summed E-state index contributed by atoms with van der Waals surface area (Å²) in [6.45, 7) is -0.458. The molecule has 80 valence electrons. The standard InChI is InChI=1S/C9H9FN2O3/c10-7-4-2-1-3-6(7)9(14)12-15-5-8(11)13/h1-4H,5H2,(H2,11,13)(H,12,14). The van der Waals surface area contributed by atoms with Crippen molar-refractivity contribution in [2.75, 3.05) is 6.61 Å². The fourth-order valence-corrected chi connectivity index (χ4v) is 0.873. The molecule has 6 heteroatoms. The molecule has 0 atom stereocenters. The van der Waals surface area contributed by atoms with Crippen molar-refractivity contribution in [1.82, 2.24) is 5.48 Å². The molecule has 3 N–H and O–H groups in total. The minimum absolute atomic E-state index is 0.165. The van der Waals surface area contributed by atoms with Crippen molar-refractivity contribution in [2.24, 2.45) is 5.73 Å². The molecular weight excluding hydrogens is 203 g/mol. The third kappa shape index (κ3) is 3.35. The maximum absolute atomic E-state index is 13.0. The molecule has 0 radical (unpaired) electrons. The molecule has 1 aromatic rings. The molecule has 0 bridgehead atoms. The van der Waals surface area contributed by atoms with Crippen molar-refractivity contribution in [2.45, 2.75) is 0 Å². The van der Waals surface area contributed by atoms with Crippen LogP contribution in [0.2, 0.25) is 0 Å². The molecule has 0 heterocycles. The number of carbonyl (C=O) groups is 2. The average Bonchev–Trinajstić information content (AvgIpc) is 2.17. The molecule has 0 spiro atoms. The van der Waals surface area contributed by atoms with Gasteiger partial charge in [0.05, 0.1) is 5.56 Å². The number of hydrogen-bond donors (Lipinski definition) is 2. The van der Waals surface area contributed by atoms with Crippen LogP contribution in [0, 0.1) is 5.82 Å². The Balaban J connectivity index is 2.54. The number of halogens is 1. The highest BCUT2D eigenvalue weighted by Gasteiger charge is 2.10. The Bertz CT molecular complexity index is 381. The first-order valence-corrected chi connectivity index (χ1v) is 4.06. The van der Waals surface area contributed by atoms with E-state index in [0.717, 1.165) is 6.07 Å². The van der Waals surface area contributed by atoms with Gasteiger partial charge in [0.15, 0.2) is 6.61 Å². The smallest absolute Gasteiger partial charge is 0.277 e. The minimum atomic E-state index is -0.769. The van der Waals surface area contributed by atoms with Gasteiger partial charge in [0, 0.05) is 0 Å². The first-order valence-electron chi connectivity index (χ1n) is 4.06. The fourth-order valence-electron chi connectivity index (χ4n) is 0.873. The molecule has 0 fully saturated rings. The van der Waals surface area contributed by atoms with Gasteiger partial charge < -0.3 is 5.73 Å². The SMILES string of the molecule is NC(=O)CONC(=O)c1ccccc1F. The molecule has 0 unspecified atom stereocenters. The quantitative estimate of drug-likeness (QED) is 0.688. The third-order valence-corrected chi connectivity index (χ3v) is 1.50. The Kier molecular flexibility index (Phi) is 3.75. The number of primary amides is 1. The summed E-state index contributed by atoms with van der Waals surface area (Å²) in [5.41, 5.74) is 6.48. The molecule has 2 amide bonds. The lowest BCUT2D eigenvalue weighted by molar-refractivity contribution is -0.124. The van der Waals surface area contributed by atoms with Gasteiger partial charge in [0.1, 0.15) is 5.82 Å². The van der Waals surface area contributed by atoms with Crippen molar-refractivity contribution in [3.8, 4) is 0 Å². The highest BCUT2D eigenvalue weighted by atomic mass is 19.1. The molecule has 0 aliphatic rings. The van der Waals surface area contributed by atoms with Crippen molar-refractivity contribution in [3.63, 3.8) is 0 Å². The average molecular weight is 212 g/mol. The third-order valence-electron chi connectivity index (χ3n) is 1.50. The van der Waals surface area contributed by atoms with E-state index in [1.165, 1.54) is 18.2 Å². The zero-order valence-electron chi connectivity index (χ0n) is 7.70. The van der Waals surface area contributed by atoms with E-state index in [1.54, 1.807) is 0 Å². The summed E-state index contributed by atoms with van der Waals surface area (Å²) in [6, 6.07) is 5.39. The number of benzene rings is 1. The van der Waals surface area contributed by atoms with Crippen LogP contribution in [0.25, 0.3) is 0 Å². The number of hydroxylamine groups is 1. The van der Waals surface area contributed by atoms with Gasteiger partial charge in [-0.2, -0.15) is 0 Å². The fraction of sp³-hybridized carbons (Fsp3) is 0.111. The van der Waals surface area contributed by atoms with Gasteiger partial charge in [-0.3, -0.25) is 14.4 Å². The summed E-state index contributed by atoms with van der Waals surface area (Å²) in [5.74, 6) is -2.17. The zero-order valence-corrected chi connectivity index (χ0v) is 7.70. The summed E-state index contributed by atoms with van der Waals surface area (Å²) >= 11 is 0. The Morgan fingerprint density at radius 3 is 2.67 bits per heavy atom. The topological polar surface area (TPSA) is 81.4 Å². The van der Waals surface area contributed by atoms with Crippen molar-refractivity contribution in [1.29, 1.82) is 0 Å². The van der Waals surface area contributed by atoms with Gasteiger partial charge in [-0.05, 0) is 12.1 Å². The van der Waals surface area contributed by atoms with Gasteiger partial charge in [0.2, 0.25) is 5.91 Å². The lowest BCUT2D eigenvalue weighted by Gasteiger charge is -2.04. The van der Waals surface area contributed by atoms with Crippen LogP contribution in [0.1, 0.15) is 10.4 Å². The van der Waals surface area contributed by atoms with E-state index in [1.807, 2.05) is 5.48 Å². The van der Waals surface area contributed by atoms with E-state index in [2.05, 4.69) is 4.84 Å². The highest BCUT2D eigenvalue weighted by Crippen LogP contribution is 2.05. The Hall–Kier alpha value is -1.95. The lowest BCUT2D eigenvalue weighted by Crippen LogP contribution is -2.29. The molecule has 0 saturated heterocycles. The van der Waals surface area contributed by atoms with E-state index < -0.39 is 24.2 Å². The normalized spacial score (nSPS) is 9.67. The van der Waals surface area contributed by atoms with Crippen LogP contribution >= 0.6 is 0 Å². The van der Waals surface area contributed by atoms with Crippen LogP contribution in [0.5, 0.6) is 0 Å². The van der Waals surface area contributed by atoms with Crippen LogP contribution < -0.4 is 11.2 Å². The van der Waals surface area contributed by atoms with Crippen molar-refractivity contribution in [3.05, 3.63) is 35.6 Å². The second-order valence-corrected chi connectivity index (χ2v) is 2.67. The molecule has 1 aromatic carbocycles.